The minimum absolute atomic E-state index is 0.130. The van der Waals surface area contributed by atoms with Crippen LogP contribution in [0.1, 0.15) is 12.0 Å². The molecule has 0 aliphatic rings. The van der Waals surface area contributed by atoms with E-state index in [2.05, 4.69) is 5.32 Å². The lowest BCUT2D eigenvalue weighted by Crippen LogP contribution is -2.13. The summed E-state index contributed by atoms with van der Waals surface area (Å²) < 4.78 is 24.0. The predicted molar refractivity (Wildman–Crippen MR) is 94.7 cm³/mol. The molecule has 2 aromatic rings. The molecule has 2 aromatic carbocycles. The van der Waals surface area contributed by atoms with Gasteiger partial charge < -0.3 is 14.8 Å². The van der Waals surface area contributed by atoms with Crippen LogP contribution in [0.25, 0.3) is 0 Å². The summed E-state index contributed by atoms with van der Waals surface area (Å²) in [5, 5.41) is 2.86. The van der Waals surface area contributed by atoms with Crippen molar-refractivity contribution >= 4 is 23.4 Å². The van der Waals surface area contributed by atoms with Gasteiger partial charge in [-0.25, -0.2) is 4.39 Å². The van der Waals surface area contributed by atoms with Crippen molar-refractivity contribution in [2.75, 3.05) is 25.3 Å². The first kappa shape index (κ1) is 18.1. The number of methoxy groups -OCH3 is 2. The number of halogens is 1. The normalized spacial score (nSPS) is 10.3. The van der Waals surface area contributed by atoms with E-state index >= 15 is 0 Å². The molecule has 1 amide bonds. The summed E-state index contributed by atoms with van der Waals surface area (Å²) in [6, 6.07) is 10.1. The molecule has 0 saturated heterocycles. The Morgan fingerprint density at radius 1 is 1.17 bits per heavy atom. The average molecular weight is 349 g/mol. The third-order valence-corrected chi connectivity index (χ3v) is 4.48. The van der Waals surface area contributed by atoms with E-state index in [0.717, 1.165) is 5.56 Å². The highest BCUT2D eigenvalue weighted by molar-refractivity contribution is 7.99. The van der Waals surface area contributed by atoms with Crippen molar-refractivity contribution in [3.63, 3.8) is 0 Å². The molecular weight excluding hydrogens is 329 g/mol. The van der Waals surface area contributed by atoms with E-state index < -0.39 is 0 Å². The topological polar surface area (TPSA) is 47.6 Å². The Kier molecular flexibility index (Phi) is 6.49. The monoisotopic (exact) mass is 349 g/mol. The maximum absolute atomic E-state index is 13.5. The van der Waals surface area contributed by atoms with E-state index in [1.54, 1.807) is 38.5 Å². The van der Waals surface area contributed by atoms with Gasteiger partial charge in [0.25, 0.3) is 0 Å². The summed E-state index contributed by atoms with van der Waals surface area (Å²) in [7, 11) is 3.11. The first-order chi connectivity index (χ1) is 11.5. The number of aryl methyl sites for hydroxylation is 1. The summed E-state index contributed by atoms with van der Waals surface area (Å²) in [5.74, 6) is 1.27. The molecule has 0 spiro atoms. The predicted octanol–water partition coefficient (Wildman–Crippen LogP) is 4.27. The zero-order valence-corrected chi connectivity index (χ0v) is 14.7. The molecule has 0 atom stereocenters. The van der Waals surface area contributed by atoms with Gasteiger partial charge in [0.05, 0.1) is 14.2 Å². The van der Waals surface area contributed by atoms with Gasteiger partial charge in [-0.1, -0.05) is 12.1 Å². The van der Waals surface area contributed by atoms with Gasteiger partial charge in [0, 0.05) is 28.8 Å². The van der Waals surface area contributed by atoms with Crippen LogP contribution in [-0.4, -0.2) is 25.9 Å². The second kappa shape index (κ2) is 8.59. The van der Waals surface area contributed by atoms with Crippen LogP contribution in [0.2, 0.25) is 0 Å². The molecule has 128 valence electrons. The number of carbonyl (C=O) groups excluding carboxylic acids is 1. The molecule has 0 radical (unpaired) electrons. The van der Waals surface area contributed by atoms with E-state index in [4.69, 9.17) is 9.47 Å². The number of hydrogen-bond acceptors (Lipinski definition) is 4. The van der Waals surface area contributed by atoms with E-state index in [0.29, 0.717) is 27.8 Å². The number of rotatable bonds is 7. The number of anilines is 1. The number of nitrogens with one attached hydrogen (secondary N) is 1. The van der Waals surface area contributed by atoms with Crippen molar-refractivity contribution < 1.29 is 18.7 Å². The van der Waals surface area contributed by atoms with Crippen molar-refractivity contribution in [2.45, 2.75) is 18.2 Å². The number of benzene rings is 2. The molecular formula is C18H20FNO3S. The van der Waals surface area contributed by atoms with E-state index in [1.165, 1.54) is 17.8 Å². The number of hydrogen-bond donors (Lipinski definition) is 1. The van der Waals surface area contributed by atoms with Crippen molar-refractivity contribution in [1.29, 1.82) is 0 Å². The highest BCUT2D eigenvalue weighted by atomic mass is 32.2. The molecule has 6 heteroatoms. The number of amides is 1. The SMILES string of the molecule is COc1cc(C)c(NC(=O)CCSc2ccccc2F)cc1OC. The van der Waals surface area contributed by atoms with Crippen LogP contribution < -0.4 is 14.8 Å². The molecule has 1 N–H and O–H groups in total. The number of ether oxygens (including phenoxy) is 2. The van der Waals surface area contributed by atoms with Gasteiger partial charge in [-0.05, 0) is 30.7 Å². The Bertz CT molecular complexity index is 721. The van der Waals surface area contributed by atoms with E-state index in [-0.39, 0.29) is 18.1 Å². The zero-order valence-electron chi connectivity index (χ0n) is 13.9. The van der Waals surface area contributed by atoms with Gasteiger partial charge in [0.2, 0.25) is 5.91 Å². The van der Waals surface area contributed by atoms with Crippen LogP contribution in [0.5, 0.6) is 11.5 Å². The van der Waals surface area contributed by atoms with Gasteiger partial charge in [-0.3, -0.25) is 4.79 Å². The molecule has 0 aliphatic heterocycles. The second-order valence-corrected chi connectivity index (χ2v) is 6.24. The quantitative estimate of drug-likeness (QED) is 0.758. The van der Waals surface area contributed by atoms with Gasteiger partial charge in [-0.2, -0.15) is 0 Å². The first-order valence-corrected chi connectivity index (χ1v) is 8.43. The Labute approximate surface area is 145 Å². The van der Waals surface area contributed by atoms with Crippen molar-refractivity contribution in [3.05, 3.63) is 47.8 Å². The van der Waals surface area contributed by atoms with Crippen LogP contribution in [0.3, 0.4) is 0 Å². The van der Waals surface area contributed by atoms with Gasteiger partial charge in [0.1, 0.15) is 5.82 Å². The fourth-order valence-electron chi connectivity index (χ4n) is 2.14. The Balaban J connectivity index is 1.94. The van der Waals surface area contributed by atoms with Crippen LogP contribution in [0.15, 0.2) is 41.3 Å². The van der Waals surface area contributed by atoms with Crippen molar-refractivity contribution in [3.8, 4) is 11.5 Å². The van der Waals surface area contributed by atoms with Crippen LogP contribution >= 0.6 is 11.8 Å². The van der Waals surface area contributed by atoms with Gasteiger partial charge >= 0.3 is 0 Å². The lowest BCUT2D eigenvalue weighted by atomic mass is 10.1. The molecule has 4 nitrogen and oxygen atoms in total. The minimum Gasteiger partial charge on any atom is -0.493 e. The molecule has 0 heterocycles. The summed E-state index contributed by atoms with van der Waals surface area (Å²) in [6.45, 7) is 1.88. The van der Waals surface area contributed by atoms with Crippen molar-refractivity contribution in [1.82, 2.24) is 0 Å². The van der Waals surface area contributed by atoms with Crippen molar-refractivity contribution in [2.24, 2.45) is 0 Å². The fourth-order valence-corrected chi connectivity index (χ4v) is 3.03. The fraction of sp³-hybridized carbons (Fsp3) is 0.278. The highest BCUT2D eigenvalue weighted by Crippen LogP contribution is 2.33. The first-order valence-electron chi connectivity index (χ1n) is 7.45. The van der Waals surface area contributed by atoms with Crippen LogP contribution in [-0.2, 0) is 4.79 Å². The van der Waals surface area contributed by atoms with E-state index in [1.807, 2.05) is 13.0 Å². The van der Waals surface area contributed by atoms with Gasteiger partial charge in [0.15, 0.2) is 11.5 Å². The third kappa shape index (κ3) is 4.64. The number of thioether (sulfide) groups is 1. The summed E-state index contributed by atoms with van der Waals surface area (Å²) >= 11 is 1.32. The largest absolute Gasteiger partial charge is 0.493 e. The average Bonchev–Trinajstić information content (AvgIpc) is 2.58. The Morgan fingerprint density at radius 3 is 2.50 bits per heavy atom. The number of carbonyl (C=O) groups is 1. The molecule has 0 aliphatic carbocycles. The molecule has 0 unspecified atom stereocenters. The lowest BCUT2D eigenvalue weighted by Gasteiger charge is -2.13. The smallest absolute Gasteiger partial charge is 0.225 e. The lowest BCUT2D eigenvalue weighted by molar-refractivity contribution is -0.115. The molecule has 0 saturated carbocycles. The summed E-state index contributed by atoms with van der Waals surface area (Å²) in [4.78, 5) is 12.7. The molecule has 0 aromatic heterocycles. The van der Waals surface area contributed by atoms with Crippen LogP contribution in [0, 0.1) is 12.7 Å². The second-order valence-electron chi connectivity index (χ2n) is 5.10. The third-order valence-electron chi connectivity index (χ3n) is 3.43. The highest BCUT2D eigenvalue weighted by Gasteiger charge is 2.11. The standard InChI is InChI=1S/C18H20FNO3S/c1-12-10-15(22-2)16(23-3)11-14(12)20-18(21)8-9-24-17-7-5-4-6-13(17)19/h4-7,10-11H,8-9H2,1-3H3,(H,20,21). The molecule has 0 fully saturated rings. The Morgan fingerprint density at radius 2 is 1.83 bits per heavy atom. The zero-order chi connectivity index (χ0) is 17.5. The molecule has 24 heavy (non-hydrogen) atoms. The minimum atomic E-state index is -0.265. The molecule has 2 rings (SSSR count). The summed E-state index contributed by atoms with van der Waals surface area (Å²) in [5.41, 5.74) is 1.55. The maximum Gasteiger partial charge on any atom is 0.225 e. The maximum atomic E-state index is 13.5. The molecule has 0 bridgehead atoms. The Hall–Kier alpha value is -2.21. The van der Waals surface area contributed by atoms with Crippen LogP contribution in [0.4, 0.5) is 10.1 Å². The van der Waals surface area contributed by atoms with E-state index in [9.17, 15) is 9.18 Å². The summed E-state index contributed by atoms with van der Waals surface area (Å²) in [6.07, 6.45) is 0.285. The van der Waals surface area contributed by atoms with Gasteiger partial charge in [-0.15, -0.1) is 11.8 Å².